The molecule has 1 fully saturated rings. The first-order chi connectivity index (χ1) is 18.3. The molecule has 1 amide bonds. The van der Waals surface area contributed by atoms with Crippen molar-refractivity contribution in [3.8, 4) is 28.1 Å². The van der Waals surface area contributed by atoms with Crippen LogP contribution in [-0.4, -0.2) is 84.6 Å². The predicted molar refractivity (Wildman–Crippen MR) is 153 cm³/mol. The second-order valence-electron chi connectivity index (χ2n) is 10.3. The van der Waals surface area contributed by atoms with Gasteiger partial charge in [0.15, 0.2) is 5.65 Å². The highest BCUT2D eigenvalue weighted by Gasteiger charge is 2.19. The van der Waals surface area contributed by atoms with Crippen LogP contribution in [0.5, 0.6) is 5.75 Å². The van der Waals surface area contributed by atoms with Crippen molar-refractivity contribution < 1.29 is 9.53 Å². The number of nitrogens with zero attached hydrogens (tertiary/aromatic N) is 5. The standard InChI is InChI=1S/C30H36N6O2/c1-20-16-23(17-21(2)29(20)36-13-11-35(5)12-14-36)26-19-32-30-28(33-26)25(18-31-30)22-6-8-24(9-7-22)38-15-10-27(37)34(3)4/h6-9,16-19H,10-15H2,1-5H3,(H,31,32). The molecule has 0 saturated carbocycles. The second kappa shape index (κ2) is 10.8. The molecule has 0 radical (unpaired) electrons. The summed E-state index contributed by atoms with van der Waals surface area (Å²) in [5, 5.41) is 0. The van der Waals surface area contributed by atoms with Crippen molar-refractivity contribution in [2.45, 2.75) is 20.3 Å². The summed E-state index contributed by atoms with van der Waals surface area (Å²) in [6.07, 6.45) is 4.15. The van der Waals surface area contributed by atoms with E-state index in [9.17, 15) is 4.79 Å². The Morgan fingerprint density at radius 3 is 2.37 bits per heavy atom. The number of aryl methyl sites for hydroxylation is 2. The first-order valence-electron chi connectivity index (χ1n) is 13.1. The first kappa shape index (κ1) is 25.7. The number of benzene rings is 2. The van der Waals surface area contributed by atoms with Gasteiger partial charge in [0.05, 0.1) is 24.9 Å². The fraction of sp³-hybridized carbons (Fsp3) is 0.367. The number of piperazine rings is 1. The van der Waals surface area contributed by atoms with Crippen LogP contribution in [0.2, 0.25) is 0 Å². The van der Waals surface area contributed by atoms with Gasteiger partial charge in [-0.1, -0.05) is 12.1 Å². The normalized spacial score (nSPS) is 14.2. The molecular weight excluding hydrogens is 476 g/mol. The fourth-order valence-corrected chi connectivity index (χ4v) is 5.09. The highest BCUT2D eigenvalue weighted by atomic mass is 16.5. The molecule has 0 unspecified atom stereocenters. The number of hydrogen-bond acceptors (Lipinski definition) is 6. The maximum atomic E-state index is 11.8. The largest absolute Gasteiger partial charge is 0.493 e. The van der Waals surface area contributed by atoms with Gasteiger partial charge in [-0.15, -0.1) is 0 Å². The Hall–Kier alpha value is -3.91. The number of likely N-dealkylation sites (N-methyl/N-ethyl adjacent to an activating group) is 1. The van der Waals surface area contributed by atoms with Crippen molar-refractivity contribution in [2.75, 3.05) is 58.8 Å². The van der Waals surface area contributed by atoms with Gasteiger partial charge in [0, 0.05) is 63.3 Å². The smallest absolute Gasteiger partial charge is 0.225 e. The van der Waals surface area contributed by atoms with Gasteiger partial charge >= 0.3 is 0 Å². The molecule has 38 heavy (non-hydrogen) atoms. The first-order valence-corrected chi connectivity index (χ1v) is 13.1. The van der Waals surface area contributed by atoms with Crippen LogP contribution in [0.25, 0.3) is 33.5 Å². The van der Waals surface area contributed by atoms with Crippen LogP contribution in [0.4, 0.5) is 5.69 Å². The van der Waals surface area contributed by atoms with E-state index in [1.165, 1.54) is 16.8 Å². The number of H-pyrrole nitrogens is 1. The van der Waals surface area contributed by atoms with Gasteiger partial charge in [0.1, 0.15) is 11.3 Å². The monoisotopic (exact) mass is 512 g/mol. The van der Waals surface area contributed by atoms with E-state index in [2.05, 4.69) is 52.8 Å². The lowest BCUT2D eigenvalue weighted by molar-refractivity contribution is -0.129. The molecular formula is C30H36N6O2. The van der Waals surface area contributed by atoms with Crippen molar-refractivity contribution in [2.24, 2.45) is 0 Å². The van der Waals surface area contributed by atoms with Crippen LogP contribution in [0.15, 0.2) is 48.8 Å². The van der Waals surface area contributed by atoms with Crippen LogP contribution in [0, 0.1) is 13.8 Å². The minimum Gasteiger partial charge on any atom is -0.493 e. The Labute approximate surface area is 224 Å². The molecule has 198 valence electrons. The Balaban J connectivity index is 1.37. The van der Waals surface area contributed by atoms with Gasteiger partial charge in [-0.2, -0.15) is 0 Å². The number of carbonyl (C=O) groups excluding carboxylic acids is 1. The quantitative estimate of drug-likeness (QED) is 0.392. The third-order valence-corrected chi connectivity index (χ3v) is 7.24. The van der Waals surface area contributed by atoms with Crippen LogP contribution < -0.4 is 9.64 Å². The lowest BCUT2D eigenvalue weighted by Crippen LogP contribution is -2.45. The average Bonchev–Trinajstić information content (AvgIpc) is 3.33. The molecule has 0 atom stereocenters. The SMILES string of the molecule is Cc1cc(-c2cnc3[nH]cc(-c4ccc(OCCC(=O)N(C)C)cc4)c3n2)cc(C)c1N1CCN(C)CC1. The number of aromatic nitrogens is 3. The summed E-state index contributed by atoms with van der Waals surface area (Å²) < 4.78 is 5.76. The van der Waals surface area contributed by atoms with Crippen LogP contribution >= 0.6 is 0 Å². The second-order valence-corrected chi connectivity index (χ2v) is 10.3. The zero-order valence-electron chi connectivity index (χ0n) is 22.9. The van der Waals surface area contributed by atoms with E-state index in [0.717, 1.165) is 65.5 Å². The van der Waals surface area contributed by atoms with Gasteiger partial charge in [-0.05, 0) is 61.9 Å². The summed E-state index contributed by atoms with van der Waals surface area (Å²) in [6.45, 7) is 9.01. The van der Waals surface area contributed by atoms with Crippen molar-refractivity contribution in [3.05, 3.63) is 59.9 Å². The topological polar surface area (TPSA) is 77.6 Å². The molecule has 3 heterocycles. The van der Waals surface area contributed by atoms with Gasteiger partial charge < -0.3 is 24.4 Å². The van der Waals surface area contributed by atoms with E-state index in [0.29, 0.717) is 13.0 Å². The Kier molecular flexibility index (Phi) is 7.33. The van der Waals surface area contributed by atoms with Crippen molar-refractivity contribution in [1.29, 1.82) is 0 Å². The molecule has 5 rings (SSSR count). The lowest BCUT2D eigenvalue weighted by atomic mass is 10.0. The highest BCUT2D eigenvalue weighted by Crippen LogP contribution is 2.33. The molecule has 1 aliphatic rings. The molecule has 8 nitrogen and oxygen atoms in total. The van der Waals surface area contributed by atoms with Crippen molar-refractivity contribution in [3.63, 3.8) is 0 Å². The summed E-state index contributed by atoms with van der Waals surface area (Å²) in [5.41, 5.74) is 9.43. The Morgan fingerprint density at radius 2 is 1.71 bits per heavy atom. The maximum absolute atomic E-state index is 11.8. The van der Waals surface area contributed by atoms with E-state index in [1.54, 1.807) is 19.0 Å². The van der Waals surface area contributed by atoms with Crippen LogP contribution in [0.3, 0.4) is 0 Å². The van der Waals surface area contributed by atoms with Gasteiger partial charge in [-0.25, -0.2) is 9.97 Å². The van der Waals surface area contributed by atoms with Crippen molar-refractivity contribution >= 4 is 22.8 Å². The molecule has 2 aromatic carbocycles. The van der Waals surface area contributed by atoms with E-state index in [-0.39, 0.29) is 5.91 Å². The number of aromatic amines is 1. The number of anilines is 1. The molecule has 4 aromatic rings. The maximum Gasteiger partial charge on any atom is 0.225 e. The molecule has 1 saturated heterocycles. The summed E-state index contributed by atoms with van der Waals surface area (Å²) in [7, 11) is 5.68. The van der Waals surface area contributed by atoms with Crippen LogP contribution in [-0.2, 0) is 4.79 Å². The summed E-state index contributed by atoms with van der Waals surface area (Å²) >= 11 is 0. The van der Waals surface area contributed by atoms with Gasteiger partial charge in [0.2, 0.25) is 5.91 Å². The summed E-state index contributed by atoms with van der Waals surface area (Å²) in [5.74, 6) is 0.785. The molecule has 1 N–H and O–H groups in total. The third-order valence-electron chi connectivity index (χ3n) is 7.24. The molecule has 8 heteroatoms. The molecule has 2 aromatic heterocycles. The average molecular weight is 513 g/mol. The molecule has 0 spiro atoms. The summed E-state index contributed by atoms with van der Waals surface area (Å²) in [4.78, 5) is 31.2. The van der Waals surface area contributed by atoms with Crippen molar-refractivity contribution in [1.82, 2.24) is 24.8 Å². The Bertz CT molecular complexity index is 1410. The number of fused-ring (bicyclic) bond motifs is 1. The minimum absolute atomic E-state index is 0.0501. The number of nitrogens with one attached hydrogen (secondary N) is 1. The molecule has 1 aliphatic heterocycles. The number of ether oxygens (including phenoxy) is 1. The molecule has 0 aliphatic carbocycles. The minimum atomic E-state index is 0.0501. The van der Waals surface area contributed by atoms with E-state index in [4.69, 9.17) is 9.72 Å². The van der Waals surface area contributed by atoms with Gasteiger partial charge in [-0.3, -0.25) is 4.79 Å². The van der Waals surface area contributed by atoms with Crippen LogP contribution in [0.1, 0.15) is 17.5 Å². The fourth-order valence-electron chi connectivity index (χ4n) is 5.09. The van der Waals surface area contributed by atoms with Gasteiger partial charge in [0.25, 0.3) is 0 Å². The summed E-state index contributed by atoms with van der Waals surface area (Å²) in [6, 6.07) is 12.3. The number of rotatable bonds is 7. The number of carbonyl (C=O) groups is 1. The highest BCUT2D eigenvalue weighted by molar-refractivity contribution is 5.91. The van der Waals surface area contributed by atoms with E-state index in [1.807, 2.05) is 36.7 Å². The zero-order chi connectivity index (χ0) is 26.8. The Morgan fingerprint density at radius 1 is 1.03 bits per heavy atom. The number of hydrogen-bond donors (Lipinski definition) is 1. The third kappa shape index (κ3) is 5.36. The zero-order valence-corrected chi connectivity index (χ0v) is 22.9. The predicted octanol–water partition coefficient (Wildman–Crippen LogP) is 4.52. The lowest BCUT2D eigenvalue weighted by Gasteiger charge is -2.36. The van der Waals surface area contributed by atoms with E-state index >= 15 is 0 Å². The van der Waals surface area contributed by atoms with E-state index < -0.39 is 0 Å². The number of amides is 1. The molecule has 0 bridgehead atoms.